The van der Waals surface area contributed by atoms with E-state index in [-0.39, 0.29) is 17.7 Å². The van der Waals surface area contributed by atoms with Gasteiger partial charge in [-0.2, -0.15) is 4.31 Å². The average Bonchev–Trinajstić information content (AvgIpc) is 3.51. The summed E-state index contributed by atoms with van der Waals surface area (Å²) in [6.45, 7) is 1.73. The Morgan fingerprint density at radius 1 is 0.906 bits per heavy atom. The van der Waals surface area contributed by atoms with Crippen LogP contribution in [0.15, 0.2) is 47.4 Å². The molecule has 32 heavy (non-hydrogen) atoms. The molecule has 0 spiro atoms. The molecule has 0 atom stereocenters. The second-order valence-corrected chi connectivity index (χ2v) is 10.7. The fraction of sp³-hybridized carbons (Fsp3) is 0.417. The molecule has 8 heteroatoms. The molecule has 0 radical (unpaired) electrons. The maximum atomic E-state index is 13.2. The Bertz CT molecular complexity index is 1150. The van der Waals surface area contributed by atoms with E-state index in [0.717, 1.165) is 49.8 Å². The Labute approximate surface area is 188 Å². The van der Waals surface area contributed by atoms with E-state index in [1.54, 1.807) is 51.7 Å². The number of carbonyl (C=O) groups is 2. The fourth-order valence-electron chi connectivity index (χ4n) is 4.46. The van der Waals surface area contributed by atoms with Gasteiger partial charge in [0, 0.05) is 42.5 Å². The molecule has 0 aromatic heterocycles. The minimum absolute atomic E-state index is 0.0359. The Morgan fingerprint density at radius 2 is 1.62 bits per heavy atom. The number of nitrogens with zero attached hydrogens (tertiary/aromatic N) is 2. The molecule has 1 saturated heterocycles. The van der Waals surface area contributed by atoms with E-state index in [0.29, 0.717) is 35.8 Å². The first kappa shape index (κ1) is 21.2. The van der Waals surface area contributed by atoms with Crippen LogP contribution in [0.3, 0.4) is 0 Å². The molecule has 0 unspecified atom stereocenters. The number of aryl methyl sites for hydroxylation is 1. The molecule has 1 saturated carbocycles. The molecule has 168 valence electrons. The molecule has 0 bridgehead atoms. The van der Waals surface area contributed by atoms with Crippen molar-refractivity contribution in [3.05, 3.63) is 53.6 Å². The van der Waals surface area contributed by atoms with Crippen LogP contribution in [0, 0.1) is 5.92 Å². The summed E-state index contributed by atoms with van der Waals surface area (Å²) in [6.07, 6.45) is 5.21. The molecule has 2 amide bonds. The Morgan fingerprint density at radius 3 is 2.31 bits per heavy atom. The minimum atomic E-state index is -3.48. The fourth-order valence-corrected chi connectivity index (χ4v) is 6.03. The lowest BCUT2D eigenvalue weighted by Crippen LogP contribution is -2.35. The second-order valence-electron chi connectivity index (χ2n) is 8.80. The van der Waals surface area contributed by atoms with Crippen LogP contribution in [0.4, 0.5) is 11.4 Å². The molecular formula is C24H27N3O4S. The summed E-state index contributed by atoms with van der Waals surface area (Å²) in [7, 11) is -3.48. The van der Waals surface area contributed by atoms with Crippen molar-refractivity contribution in [1.82, 2.24) is 4.31 Å². The van der Waals surface area contributed by atoms with Gasteiger partial charge in [0.2, 0.25) is 15.9 Å². The SMILES string of the molecule is O=C(Nc1ccc(C(=O)N2CCCc3cc(S(=O)(=O)N4CCCC4)ccc32)cc1)C1CC1. The molecule has 2 aromatic carbocycles. The van der Waals surface area contributed by atoms with Crippen LogP contribution in [0.25, 0.3) is 0 Å². The molecule has 1 N–H and O–H groups in total. The number of sulfonamides is 1. The van der Waals surface area contributed by atoms with Gasteiger partial charge in [-0.15, -0.1) is 0 Å². The van der Waals surface area contributed by atoms with Crippen molar-refractivity contribution in [3.8, 4) is 0 Å². The highest BCUT2D eigenvalue weighted by Crippen LogP contribution is 2.33. The Hall–Kier alpha value is -2.71. The summed E-state index contributed by atoms with van der Waals surface area (Å²) in [5, 5.41) is 2.88. The molecule has 2 heterocycles. The molecule has 7 nitrogen and oxygen atoms in total. The van der Waals surface area contributed by atoms with Crippen LogP contribution in [0.2, 0.25) is 0 Å². The van der Waals surface area contributed by atoms with Crippen LogP contribution >= 0.6 is 0 Å². The highest BCUT2D eigenvalue weighted by Gasteiger charge is 2.31. The van der Waals surface area contributed by atoms with E-state index in [2.05, 4.69) is 5.32 Å². The number of nitrogens with one attached hydrogen (secondary N) is 1. The first-order valence-electron chi connectivity index (χ1n) is 11.3. The standard InChI is InChI=1S/C24H27N3O4S/c28-23(17-5-6-17)25-20-9-7-18(8-10-20)24(29)27-15-3-4-19-16-21(11-12-22(19)27)32(30,31)26-13-1-2-14-26/h7-12,16-17H,1-6,13-15H2,(H,25,28). The number of hydrogen-bond donors (Lipinski definition) is 1. The monoisotopic (exact) mass is 453 g/mol. The van der Waals surface area contributed by atoms with Crippen molar-refractivity contribution < 1.29 is 18.0 Å². The van der Waals surface area contributed by atoms with E-state index in [1.165, 1.54) is 0 Å². The summed E-state index contributed by atoms with van der Waals surface area (Å²) in [4.78, 5) is 27.2. The van der Waals surface area contributed by atoms with Gasteiger partial charge < -0.3 is 10.2 Å². The highest BCUT2D eigenvalue weighted by molar-refractivity contribution is 7.89. The van der Waals surface area contributed by atoms with Crippen molar-refractivity contribution in [2.75, 3.05) is 29.9 Å². The van der Waals surface area contributed by atoms with Crippen molar-refractivity contribution in [2.24, 2.45) is 5.92 Å². The van der Waals surface area contributed by atoms with Gasteiger partial charge in [0.15, 0.2) is 0 Å². The molecule has 2 fully saturated rings. The van der Waals surface area contributed by atoms with Gasteiger partial charge in [0.05, 0.1) is 4.90 Å². The van der Waals surface area contributed by atoms with Gasteiger partial charge in [-0.1, -0.05) is 0 Å². The zero-order chi connectivity index (χ0) is 22.3. The third-order valence-corrected chi connectivity index (χ3v) is 8.36. The molecule has 2 aliphatic heterocycles. The van der Waals surface area contributed by atoms with E-state index >= 15 is 0 Å². The van der Waals surface area contributed by atoms with Gasteiger partial charge in [-0.05, 0) is 86.6 Å². The van der Waals surface area contributed by atoms with E-state index in [1.807, 2.05) is 0 Å². The lowest BCUT2D eigenvalue weighted by Gasteiger charge is -2.30. The predicted octanol–water partition coefficient (Wildman–Crippen LogP) is 3.41. The third-order valence-electron chi connectivity index (χ3n) is 6.47. The lowest BCUT2D eigenvalue weighted by molar-refractivity contribution is -0.117. The first-order valence-corrected chi connectivity index (χ1v) is 12.7. The van der Waals surface area contributed by atoms with Crippen LogP contribution in [-0.4, -0.2) is 44.2 Å². The summed E-state index contributed by atoms with van der Waals surface area (Å²) in [5.41, 5.74) is 2.89. The Balaban J connectivity index is 1.35. The van der Waals surface area contributed by atoms with E-state index in [4.69, 9.17) is 0 Å². The third kappa shape index (κ3) is 4.04. The summed E-state index contributed by atoms with van der Waals surface area (Å²) in [6, 6.07) is 12.1. The quantitative estimate of drug-likeness (QED) is 0.752. The van der Waals surface area contributed by atoms with Gasteiger partial charge >= 0.3 is 0 Å². The number of amides is 2. The second kappa shape index (κ2) is 8.33. The van der Waals surface area contributed by atoms with Crippen LogP contribution in [0.1, 0.15) is 48.0 Å². The number of hydrogen-bond acceptors (Lipinski definition) is 4. The zero-order valence-corrected chi connectivity index (χ0v) is 18.7. The van der Waals surface area contributed by atoms with E-state index < -0.39 is 10.0 Å². The number of carbonyl (C=O) groups excluding carboxylic acids is 2. The number of rotatable bonds is 5. The largest absolute Gasteiger partial charge is 0.326 e. The van der Waals surface area contributed by atoms with Gasteiger partial charge in [-0.25, -0.2) is 8.42 Å². The van der Waals surface area contributed by atoms with Crippen LogP contribution in [-0.2, 0) is 21.2 Å². The van der Waals surface area contributed by atoms with Crippen molar-refractivity contribution in [3.63, 3.8) is 0 Å². The molecule has 3 aliphatic rings. The average molecular weight is 454 g/mol. The van der Waals surface area contributed by atoms with Crippen LogP contribution < -0.4 is 10.2 Å². The molecular weight excluding hydrogens is 426 g/mol. The zero-order valence-electron chi connectivity index (χ0n) is 17.9. The molecule has 1 aliphatic carbocycles. The molecule has 5 rings (SSSR count). The van der Waals surface area contributed by atoms with E-state index in [9.17, 15) is 18.0 Å². The molecule has 2 aromatic rings. The lowest BCUT2D eigenvalue weighted by atomic mass is 10.0. The van der Waals surface area contributed by atoms with Gasteiger partial charge in [-0.3, -0.25) is 9.59 Å². The van der Waals surface area contributed by atoms with Crippen LogP contribution in [0.5, 0.6) is 0 Å². The topological polar surface area (TPSA) is 86.8 Å². The smallest absolute Gasteiger partial charge is 0.258 e. The van der Waals surface area contributed by atoms with Gasteiger partial charge in [0.1, 0.15) is 0 Å². The normalized spacial score (nSPS) is 18.9. The highest BCUT2D eigenvalue weighted by atomic mass is 32.2. The summed E-state index contributed by atoms with van der Waals surface area (Å²) in [5.74, 6) is 0.0372. The van der Waals surface area contributed by atoms with Gasteiger partial charge in [0.25, 0.3) is 5.91 Å². The van der Waals surface area contributed by atoms with Crippen molar-refractivity contribution in [1.29, 1.82) is 0 Å². The van der Waals surface area contributed by atoms with Crippen molar-refractivity contribution in [2.45, 2.75) is 43.4 Å². The minimum Gasteiger partial charge on any atom is -0.326 e. The number of benzene rings is 2. The maximum absolute atomic E-state index is 13.2. The number of fused-ring (bicyclic) bond motifs is 1. The van der Waals surface area contributed by atoms with Crippen molar-refractivity contribution >= 4 is 33.2 Å². The maximum Gasteiger partial charge on any atom is 0.258 e. The summed E-state index contributed by atoms with van der Waals surface area (Å²) >= 11 is 0. The first-order chi connectivity index (χ1) is 15.4. The predicted molar refractivity (Wildman–Crippen MR) is 122 cm³/mol. The summed E-state index contributed by atoms with van der Waals surface area (Å²) < 4.78 is 27.4. The number of anilines is 2. The Kier molecular flexibility index (Phi) is 5.51.